The Hall–Kier alpha value is -2.66. The molecule has 134 valence electrons. The van der Waals surface area contributed by atoms with Crippen LogP contribution in [0.3, 0.4) is 0 Å². The van der Waals surface area contributed by atoms with Crippen molar-refractivity contribution in [3.05, 3.63) is 71.0 Å². The molecule has 0 spiro atoms. The number of hydrogen-bond acceptors (Lipinski definition) is 5. The Kier molecular flexibility index (Phi) is 5.38. The highest BCUT2D eigenvalue weighted by Crippen LogP contribution is 2.24. The molecule has 3 aromatic rings. The number of nitrogens with one attached hydrogen (secondary N) is 1. The van der Waals surface area contributed by atoms with E-state index in [1.54, 1.807) is 0 Å². The minimum absolute atomic E-state index is 0.116. The summed E-state index contributed by atoms with van der Waals surface area (Å²) in [6, 6.07) is 16.0. The van der Waals surface area contributed by atoms with E-state index in [1.165, 1.54) is 11.9 Å². The number of hydrogen-bond donors (Lipinski definition) is 1. The highest BCUT2D eigenvalue weighted by molar-refractivity contribution is 6.31. The lowest BCUT2D eigenvalue weighted by molar-refractivity contribution is 0.280. The van der Waals surface area contributed by atoms with Gasteiger partial charge in [0, 0.05) is 16.3 Å². The Labute approximate surface area is 158 Å². The van der Waals surface area contributed by atoms with E-state index in [1.807, 2.05) is 36.4 Å². The highest BCUT2D eigenvalue weighted by Gasteiger charge is 2.13. The molecule has 0 amide bonds. The molecule has 1 aromatic heterocycles. The highest BCUT2D eigenvalue weighted by atomic mass is 35.5. The fourth-order valence-electron chi connectivity index (χ4n) is 2.35. The van der Waals surface area contributed by atoms with E-state index in [9.17, 15) is 0 Å². The van der Waals surface area contributed by atoms with Crippen molar-refractivity contribution in [3.63, 3.8) is 0 Å². The van der Waals surface area contributed by atoms with Crippen molar-refractivity contribution in [1.29, 1.82) is 0 Å². The van der Waals surface area contributed by atoms with Gasteiger partial charge in [-0.1, -0.05) is 62.7 Å². The van der Waals surface area contributed by atoms with Crippen LogP contribution < -0.4 is 10.1 Å². The lowest BCUT2D eigenvalue weighted by atomic mass is 9.87. The molecule has 0 unspecified atom stereocenters. The molecule has 0 aliphatic rings. The quantitative estimate of drug-likeness (QED) is 0.675. The number of aromatic nitrogens is 3. The molecule has 2 aromatic carbocycles. The van der Waals surface area contributed by atoms with E-state index in [2.05, 4.69) is 53.2 Å². The van der Waals surface area contributed by atoms with Gasteiger partial charge in [0.15, 0.2) is 0 Å². The van der Waals surface area contributed by atoms with Gasteiger partial charge in [-0.2, -0.15) is 9.97 Å². The third-order valence-electron chi connectivity index (χ3n) is 3.87. The lowest BCUT2D eigenvalue weighted by Crippen LogP contribution is -2.10. The minimum atomic E-state index is 0.116. The molecule has 26 heavy (non-hydrogen) atoms. The van der Waals surface area contributed by atoms with Crippen molar-refractivity contribution in [2.45, 2.75) is 32.8 Å². The Morgan fingerprint density at radius 3 is 2.42 bits per heavy atom. The average molecular weight is 369 g/mol. The fourth-order valence-corrected chi connectivity index (χ4v) is 2.54. The predicted molar refractivity (Wildman–Crippen MR) is 104 cm³/mol. The van der Waals surface area contributed by atoms with Crippen LogP contribution in [-0.2, 0) is 12.0 Å². The first kappa shape index (κ1) is 18.1. The van der Waals surface area contributed by atoms with Crippen LogP contribution in [0.2, 0.25) is 5.02 Å². The third kappa shape index (κ3) is 4.70. The van der Waals surface area contributed by atoms with Gasteiger partial charge in [0.2, 0.25) is 5.95 Å². The van der Waals surface area contributed by atoms with Gasteiger partial charge in [0.1, 0.15) is 12.9 Å². The lowest BCUT2D eigenvalue weighted by Gasteiger charge is -2.19. The number of ether oxygens (including phenoxy) is 1. The van der Waals surface area contributed by atoms with Crippen molar-refractivity contribution >= 4 is 23.2 Å². The van der Waals surface area contributed by atoms with Crippen LogP contribution in [0.1, 0.15) is 31.9 Å². The van der Waals surface area contributed by atoms with Crippen LogP contribution >= 0.6 is 11.6 Å². The summed E-state index contributed by atoms with van der Waals surface area (Å²) < 4.78 is 5.63. The van der Waals surface area contributed by atoms with Crippen molar-refractivity contribution < 1.29 is 4.74 Å². The molecule has 5 nitrogen and oxygen atoms in total. The molecule has 1 N–H and O–H groups in total. The monoisotopic (exact) mass is 368 g/mol. The summed E-state index contributed by atoms with van der Waals surface area (Å²) in [4.78, 5) is 12.5. The van der Waals surface area contributed by atoms with Gasteiger partial charge in [0.05, 0.1) is 0 Å². The summed E-state index contributed by atoms with van der Waals surface area (Å²) in [5, 5.41) is 3.82. The second-order valence-corrected chi connectivity index (χ2v) is 7.33. The second-order valence-electron chi connectivity index (χ2n) is 6.92. The van der Waals surface area contributed by atoms with Crippen molar-refractivity contribution in [2.24, 2.45) is 0 Å². The van der Waals surface area contributed by atoms with Crippen LogP contribution in [0.25, 0.3) is 0 Å². The van der Waals surface area contributed by atoms with E-state index < -0.39 is 0 Å². The van der Waals surface area contributed by atoms with Crippen molar-refractivity contribution in [3.8, 4) is 6.01 Å². The summed E-state index contributed by atoms with van der Waals surface area (Å²) in [7, 11) is 0. The number of rotatable bonds is 5. The number of benzene rings is 2. The maximum absolute atomic E-state index is 6.13. The summed E-state index contributed by atoms with van der Waals surface area (Å²) in [6.07, 6.45) is 1.42. The van der Waals surface area contributed by atoms with Gasteiger partial charge in [-0.15, -0.1) is 0 Å². The first-order valence-corrected chi connectivity index (χ1v) is 8.72. The zero-order chi connectivity index (χ0) is 18.6. The van der Waals surface area contributed by atoms with Crippen molar-refractivity contribution in [1.82, 2.24) is 15.0 Å². The third-order valence-corrected chi connectivity index (χ3v) is 4.24. The van der Waals surface area contributed by atoms with Crippen molar-refractivity contribution in [2.75, 3.05) is 5.32 Å². The Balaban J connectivity index is 1.66. The van der Waals surface area contributed by atoms with E-state index >= 15 is 0 Å². The maximum atomic E-state index is 6.13. The van der Waals surface area contributed by atoms with E-state index in [4.69, 9.17) is 16.3 Å². The topological polar surface area (TPSA) is 59.9 Å². The average Bonchev–Trinajstić information content (AvgIpc) is 2.61. The first-order chi connectivity index (χ1) is 12.4. The molecule has 0 bridgehead atoms. The molecular weight excluding hydrogens is 348 g/mol. The number of nitrogens with zero attached hydrogens (tertiary/aromatic N) is 3. The largest absolute Gasteiger partial charge is 0.458 e. The van der Waals surface area contributed by atoms with Crippen LogP contribution in [-0.4, -0.2) is 15.0 Å². The molecule has 0 aliphatic carbocycles. The maximum Gasteiger partial charge on any atom is 0.321 e. The van der Waals surface area contributed by atoms with Crippen LogP contribution in [0.15, 0.2) is 54.9 Å². The van der Waals surface area contributed by atoms with Crippen LogP contribution in [0, 0.1) is 0 Å². The van der Waals surface area contributed by atoms with E-state index in [0.29, 0.717) is 17.6 Å². The van der Waals surface area contributed by atoms with E-state index in [-0.39, 0.29) is 11.4 Å². The fraction of sp³-hybridized carbons (Fsp3) is 0.250. The molecule has 0 saturated carbocycles. The normalized spacial score (nSPS) is 11.2. The molecule has 0 radical (unpaired) electrons. The first-order valence-electron chi connectivity index (χ1n) is 8.34. The summed E-state index contributed by atoms with van der Waals surface area (Å²) in [6.45, 7) is 6.85. The molecule has 0 atom stereocenters. The van der Waals surface area contributed by atoms with Gasteiger partial charge >= 0.3 is 6.01 Å². The number of halogens is 1. The molecular formula is C20H21ClN4O. The van der Waals surface area contributed by atoms with Crippen LogP contribution in [0.5, 0.6) is 6.01 Å². The molecule has 6 heteroatoms. The summed E-state index contributed by atoms with van der Waals surface area (Å²) >= 11 is 6.13. The smallest absolute Gasteiger partial charge is 0.321 e. The zero-order valence-electron chi connectivity index (χ0n) is 15.0. The Bertz CT molecular complexity index is 875. The van der Waals surface area contributed by atoms with Gasteiger partial charge in [-0.05, 0) is 29.2 Å². The second kappa shape index (κ2) is 7.70. The van der Waals surface area contributed by atoms with Gasteiger partial charge < -0.3 is 10.1 Å². The zero-order valence-corrected chi connectivity index (χ0v) is 15.8. The Morgan fingerprint density at radius 1 is 1.00 bits per heavy atom. The molecule has 0 saturated heterocycles. The summed E-state index contributed by atoms with van der Waals surface area (Å²) in [5.74, 6) is 0.428. The number of anilines is 2. The van der Waals surface area contributed by atoms with Gasteiger partial charge in [-0.25, -0.2) is 4.98 Å². The molecule has 3 rings (SSSR count). The van der Waals surface area contributed by atoms with Gasteiger partial charge in [-0.3, -0.25) is 0 Å². The predicted octanol–water partition coefficient (Wildman–Crippen LogP) is 5.15. The van der Waals surface area contributed by atoms with E-state index in [0.717, 1.165) is 11.3 Å². The van der Waals surface area contributed by atoms with Crippen LogP contribution in [0.4, 0.5) is 11.6 Å². The standard InChI is InChI=1S/C20H21ClN4O/c1-20(2,3)15-8-10-16(11-9-15)24-18-22-13-23-19(25-18)26-12-14-6-4-5-7-17(14)21/h4-11,13H,12H2,1-3H3,(H,22,23,24,25). The Morgan fingerprint density at radius 2 is 1.73 bits per heavy atom. The van der Waals surface area contributed by atoms with Gasteiger partial charge in [0.25, 0.3) is 0 Å². The molecule has 1 heterocycles. The summed E-state index contributed by atoms with van der Waals surface area (Å²) in [5.41, 5.74) is 3.16. The SMILES string of the molecule is CC(C)(C)c1ccc(Nc2ncnc(OCc3ccccc3Cl)n2)cc1. The molecule has 0 aliphatic heterocycles. The minimum Gasteiger partial charge on any atom is -0.458 e. The molecule has 0 fully saturated rings.